The van der Waals surface area contributed by atoms with Crippen molar-refractivity contribution in [3.63, 3.8) is 0 Å². The third-order valence-electron chi connectivity index (χ3n) is 5.21. The molecular weight excluding hydrogens is 490 g/mol. The largest absolute Gasteiger partial charge is 0.468 e. The smallest absolute Gasteiger partial charge is 0.380 e. The van der Waals surface area contributed by atoms with Crippen LogP contribution in [0.2, 0.25) is 0 Å². The SMILES string of the molecule is CCc1csc(C(Cc2ccc(OS(N)(=O)=O)cc2)NC(=O)C(Cc2ccccc2)C(=O)OC)n1. The molecule has 35 heavy (non-hydrogen) atoms. The summed E-state index contributed by atoms with van der Waals surface area (Å²) in [6.45, 7) is 1.99. The van der Waals surface area contributed by atoms with Gasteiger partial charge in [-0.3, -0.25) is 9.59 Å². The van der Waals surface area contributed by atoms with Crippen molar-refractivity contribution in [2.24, 2.45) is 11.1 Å². The Balaban J connectivity index is 1.83. The van der Waals surface area contributed by atoms with Crippen molar-refractivity contribution in [1.29, 1.82) is 0 Å². The first kappa shape index (κ1) is 26.3. The van der Waals surface area contributed by atoms with Crippen molar-refractivity contribution in [2.45, 2.75) is 32.2 Å². The van der Waals surface area contributed by atoms with Crippen LogP contribution in [0.4, 0.5) is 0 Å². The van der Waals surface area contributed by atoms with Gasteiger partial charge in [0.05, 0.1) is 18.8 Å². The molecule has 0 saturated carbocycles. The van der Waals surface area contributed by atoms with Crippen LogP contribution in [0.3, 0.4) is 0 Å². The first-order chi connectivity index (χ1) is 16.7. The molecule has 1 heterocycles. The summed E-state index contributed by atoms with van der Waals surface area (Å²) in [7, 11) is -2.87. The van der Waals surface area contributed by atoms with Crippen LogP contribution in [0.5, 0.6) is 5.75 Å². The first-order valence-corrected chi connectivity index (χ1v) is 13.2. The molecule has 0 aliphatic heterocycles. The maximum atomic E-state index is 13.3. The third-order valence-corrected chi connectivity index (χ3v) is 6.64. The highest BCUT2D eigenvalue weighted by molar-refractivity contribution is 7.84. The van der Waals surface area contributed by atoms with E-state index in [0.717, 1.165) is 23.2 Å². The van der Waals surface area contributed by atoms with Crippen LogP contribution in [-0.2, 0) is 43.9 Å². The number of methoxy groups -OCH3 is 1. The summed E-state index contributed by atoms with van der Waals surface area (Å²) in [5.41, 5.74) is 2.53. The number of carbonyl (C=O) groups is 2. The van der Waals surface area contributed by atoms with E-state index < -0.39 is 34.1 Å². The molecule has 1 aromatic heterocycles. The van der Waals surface area contributed by atoms with Crippen LogP contribution in [0.25, 0.3) is 0 Å². The maximum Gasteiger partial charge on any atom is 0.380 e. The lowest BCUT2D eigenvalue weighted by Crippen LogP contribution is -2.40. The molecule has 3 rings (SSSR count). The number of amides is 1. The van der Waals surface area contributed by atoms with E-state index in [9.17, 15) is 18.0 Å². The van der Waals surface area contributed by atoms with Crippen molar-refractivity contribution in [1.82, 2.24) is 10.3 Å². The number of hydrogen-bond donors (Lipinski definition) is 2. The average molecular weight is 518 g/mol. The Labute approximate surface area is 208 Å². The number of thiazole rings is 1. The number of aryl methyl sites for hydroxylation is 1. The molecule has 2 unspecified atom stereocenters. The summed E-state index contributed by atoms with van der Waals surface area (Å²) in [6.07, 6.45) is 1.30. The highest BCUT2D eigenvalue weighted by Crippen LogP contribution is 2.25. The first-order valence-electron chi connectivity index (χ1n) is 10.9. The van der Waals surface area contributed by atoms with Gasteiger partial charge in [0.25, 0.3) is 0 Å². The summed E-state index contributed by atoms with van der Waals surface area (Å²) < 4.78 is 31.9. The van der Waals surface area contributed by atoms with Crippen LogP contribution in [0, 0.1) is 5.92 Å². The molecule has 0 aliphatic rings. The molecule has 0 aliphatic carbocycles. The van der Waals surface area contributed by atoms with Gasteiger partial charge in [-0.1, -0.05) is 49.4 Å². The zero-order chi connectivity index (χ0) is 25.4. The Morgan fingerprint density at radius 3 is 2.29 bits per heavy atom. The minimum Gasteiger partial charge on any atom is -0.468 e. The Hall–Kier alpha value is -3.28. The number of nitrogens with two attached hydrogens (primary N) is 1. The number of ether oxygens (including phenoxy) is 1. The fourth-order valence-electron chi connectivity index (χ4n) is 3.44. The lowest BCUT2D eigenvalue weighted by molar-refractivity contribution is -0.150. The topological polar surface area (TPSA) is 138 Å². The van der Waals surface area contributed by atoms with Gasteiger partial charge in [0.1, 0.15) is 16.7 Å². The number of rotatable bonds is 11. The van der Waals surface area contributed by atoms with Gasteiger partial charge in [-0.2, -0.15) is 13.6 Å². The molecule has 0 radical (unpaired) electrons. The summed E-state index contributed by atoms with van der Waals surface area (Å²) in [6, 6.07) is 15.0. The van der Waals surface area contributed by atoms with Gasteiger partial charge >= 0.3 is 16.3 Å². The van der Waals surface area contributed by atoms with Gasteiger partial charge in [0.15, 0.2) is 0 Å². The van der Waals surface area contributed by atoms with Crippen LogP contribution in [0.1, 0.15) is 34.8 Å². The summed E-state index contributed by atoms with van der Waals surface area (Å²) in [4.78, 5) is 30.4. The van der Waals surface area contributed by atoms with Crippen LogP contribution >= 0.6 is 11.3 Å². The van der Waals surface area contributed by atoms with E-state index in [2.05, 4.69) is 14.5 Å². The highest BCUT2D eigenvalue weighted by atomic mass is 32.2. The zero-order valence-corrected chi connectivity index (χ0v) is 21.0. The molecular formula is C24H27N3O6S2. The van der Waals surface area contributed by atoms with Gasteiger partial charge < -0.3 is 14.2 Å². The minimum atomic E-state index is -4.13. The van der Waals surface area contributed by atoms with E-state index in [1.807, 2.05) is 42.6 Å². The molecule has 11 heteroatoms. The highest BCUT2D eigenvalue weighted by Gasteiger charge is 2.30. The number of aromatic nitrogens is 1. The minimum absolute atomic E-state index is 0.0768. The van der Waals surface area contributed by atoms with Crippen LogP contribution in [0.15, 0.2) is 60.0 Å². The van der Waals surface area contributed by atoms with Gasteiger partial charge in [-0.15, -0.1) is 11.3 Å². The summed E-state index contributed by atoms with van der Waals surface area (Å²) >= 11 is 1.42. The second kappa shape index (κ2) is 11.9. The second-order valence-corrected chi connectivity index (χ2v) is 9.82. The lowest BCUT2D eigenvalue weighted by atomic mass is 9.97. The quantitative estimate of drug-likeness (QED) is 0.295. The van der Waals surface area contributed by atoms with Gasteiger partial charge in [-0.05, 0) is 42.5 Å². The van der Waals surface area contributed by atoms with Gasteiger partial charge in [-0.25, -0.2) is 4.98 Å². The number of benzene rings is 2. The lowest BCUT2D eigenvalue weighted by Gasteiger charge is -2.21. The monoisotopic (exact) mass is 517 g/mol. The van der Waals surface area contributed by atoms with Crippen molar-refractivity contribution < 1.29 is 26.9 Å². The number of esters is 1. The average Bonchev–Trinajstić information content (AvgIpc) is 3.32. The van der Waals surface area contributed by atoms with Crippen molar-refractivity contribution in [3.8, 4) is 5.75 Å². The molecule has 3 aromatic rings. The van der Waals surface area contributed by atoms with Crippen molar-refractivity contribution >= 4 is 33.5 Å². The van der Waals surface area contributed by atoms with Gasteiger partial charge in [0.2, 0.25) is 5.91 Å². The Morgan fingerprint density at radius 2 is 1.71 bits per heavy atom. The standard InChI is InChI=1S/C24H27N3O6S2/c1-3-18-15-34-23(26-18)21(14-17-9-11-19(12-10-17)33-35(25,30)31)27-22(28)20(24(29)32-2)13-16-7-5-4-6-8-16/h4-12,15,20-21H,3,13-14H2,1-2H3,(H,27,28)(H2,25,30,31). The zero-order valence-electron chi connectivity index (χ0n) is 19.3. The molecule has 0 saturated heterocycles. The Kier molecular flexibility index (Phi) is 8.96. The number of nitrogens with one attached hydrogen (secondary N) is 1. The van der Waals surface area contributed by atoms with E-state index >= 15 is 0 Å². The van der Waals surface area contributed by atoms with Crippen molar-refractivity contribution in [2.75, 3.05) is 7.11 Å². The molecule has 0 bridgehead atoms. The molecule has 1 amide bonds. The molecule has 186 valence electrons. The fraction of sp³-hybridized carbons (Fsp3) is 0.292. The predicted molar refractivity (Wildman–Crippen MR) is 132 cm³/mol. The van der Waals surface area contributed by atoms with Crippen molar-refractivity contribution in [3.05, 3.63) is 81.8 Å². The number of nitrogens with zero attached hydrogens (tertiary/aromatic N) is 1. The van der Waals surface area contributed by atoms with Crippen LogP contribution in [-0.4, -0.2) is 32.4 Å². The van der Waals surface area contributed by atoms with E-state index in [-0.39, 0.29) is 12.2 Å². The molecule has 3 N–H and O–H groups in total. The van der Waals surface area contributed by atoms with E-state index in [4.69, 9.17) is 9.88 Å². The number of carbonyl (C=O) groups excluding carboxylic acids is 2. The molecule has 0 fully saturated rings. The molecule has 2 aromatic carbocycles. The van der Waals surface area contributed by atoms with E-state index in [0.29, 0.717) is 11.4 Å². The summed E-state index contributed by atoms with van der Waals surface area (Å²) in [5.74, 6) is -2.04. The second-order valence-electron chi connectivity index (χ2n) is 7.78. The molecule has 9 nitrogen and oxygen atoms in total. The molecule has 0 spiro atoms. The van der Waals surface area contributed by atoms with Gasteiger partial charge in [0, 0.05) is 5.38 Å². The van der Waals surface area contributed by atoms with E-state index in [1.165, 1.54) is 30.6 Å². The predicted octanol–water partition coefficient (Wildman–Crippen LogP) is 2.72. The molecule has 2 atom stereocenters. The van der Waals surface area contributed by atoms with E-state index in [1.54, 1.807) is 12.1 Å². The summed E-state index contributed by atoms with van der Waals surface area (Å²) in [5, 5.41) is 10.5. The van der Waals surface area contributed by atoms with Crippen LogP contribution < -0.4 is 14.6 Å². The Morgan fingerprint density at radius 1 is 1.06 bits per heavy atom. The Bertz CT molecular complexity index is 1240. The number of hydrogen-bond acceptors (Lipinski definition) is 8. The third kappa shape index (κ3) is 7.88. The normalized spacial score (nSPS) is 13.0. The fourth-order valence-corrected chi connectivity index (χ4v) is 4.78. The maximum absolute atomic E-state index is 13.3.